The van der Waals surface area contributed by atoms with Crippen LogP contribution in [-0.4, -0.2) is 28.3 Å². The lowest BCUT2D eigenvalue weighted by atomic mass is 10.0. The smallest absolute Gasteiger partial charge is 0.326 e. The maximum atomic E-state index is 11.1. The predicted molar refractivity (Wildman–Crippen MR) is 69.6 cm³/mol. The molecule has 2 rings (SSSR count). The molecule has 0 spiro atoms. The zero-order chi connectivity index (χ0) is 13.1. The number of carbonyl (C=O) groups excluding carboxylic acids is 1. The number of carbonyl (C=O) groups is 2. The Morgan fingerprint density at radius 1 is 1.50 bits per heavy atom. The molecule has 0 aromatic heterocycles. The lowest BCUT2D eigenvalue weighted by molar-refractivity contribution is -0.141. The Bertz CT molecular complexity index is 450. The standard InChI is InChI=1S/C13H15NO3S/c1-8(15)14-11(13(16)17)7-10-6-9-4-2-3-5-12(9)18-10/h2-5,10-11H,6-7H2,1H3,(H,14,15)(H,16,17). The second kappa shape index (κ2) is 5.44. The third-order valence-electron chi connectivity index (χ3n) is 2.89. The fourth-order valence-electron chi connectivity index (χ4n) is 2.12. The highest BCUT2D eigenvalue weighted by atomic mass is 32.2. The molecule has 2 atom stereocenters. The van der Waals surface area contributed by atoms with E-state index in [0.29, 0.717) is 6.42 Å². The van der Waals surface area contributed by atoms with Crippen molar-refractivity contribution < 1.29 is 14.7 Å². The van der Waals surface area contributed by atoms with E-state index in [1.165, 1.54) is 17.4 Å². The summed E-state index contributed by atoms with van der Waals surface area (Å²) in [4.78, 5) is 23.3. The number of amides is 1. The van der Waals surface area contributed by atoms with Gasteiger partial charge < -0.3 is 10.4 Å². The molecule has 2 N–H and O–H groups in total. The second-order valence-electron chi connectivity index (χ2n) is 4.38. The summed E-state index contributed by atoms with van der Waals surface area (Å²) < 4.78 is 0. The molecular formula is C13H15NO3S. The molecule has 96 valence electrons. The van der Waals surface area contributed by atoms with Crippen LogP contribution in [-0.2, 0) is 16.0 Å². The number of nitrogens with one attached hydrogen (secondary N) is 1. The zero-order valence-electron chi connectivity index (χ0n) is 10.1. The Balaban J connectivity index is 1.99. The highest BCUT2D eigenvalue weighted by molar-refractivity contribution is 8.00. The highest BCUT2D eigenvalue weighted by Crippen LogP contribution is 2.38. The first kappa shape index (κ1) is 13.0. The van der Waals surface area contributed by atoms with E-state index in [1.54, 1.807) is 11.8 Å². The summed E-state index contributed by atoms with van der Waals surface area (Å²) >= 11 is 1.69. The van der Waals surface area contributed by atoms with Crippen molar-refractivity contribution >= 4 is 23.6 Å². The quantitative estimate of drug-likeness (QED) is 0.869. The summed E-state index contributed by atoms with van der Waals surface area (Å²) in [7, 11) is 0. The summed E-state index contributed by atoms with van der Waals surface area (Å²) in [6.07, 6.45) is 1.32. The maximum Gasteiger partial charge on any atom is 0.326 e. The Hall–Kier alpha value is -1.49. The summed E-state index contributed by atoms with van der Waals surface area (Å²) in [5.41, 5.74) is 1.26. The van der Waals surface area contributed by atoms with Gasteiger partial charge in [0.05, 0.1) is 0 Å². The molecule has 0 radical (unpaired) electrons. The van der Waals surface area contributed by atoms with Crippen LogP contribution >= 0.6 is 11.8 Å². The molecule has 2 unspecified atom stereocenters. The van der Waals surface area contributed by atoms with E-state index < -0.39 is 12.0 Å². The first-order chi connectivity index (χ1) is 8.56. The van der Waals surface area contributed by atoms with Gasteiger partial charge >= 0.3 is 5.97 Å². The van der Waals surface area contributed by atoms with Gasteiger partial charge in [-0.15, -0.1) is 11.8 Å². The van der Waals surface area contributed by atoms with Gasteiger partial charge in [-0.3, -0.25) is 4.79 Å². The van der Waals surface area contributed by atoms with Crippen LogP contribution in [0.25, 0.3) is 0 Å². The van der Waals surface area contributed by atoms with Gasteiger partial charge in [0, 0.05) is 17.1 Å². The van der Waals surface area contributed by atoms with Crippen LogP contribution in [0.2, 0.25) is 0 Å². The number of hydrogen-bond acceptors (Lipinski definition) is 3. The number of carboxylic acids is 1. The topological polar surface area (TPSA) is 66.4 Å². The molecule has 1 heterocycles. The number of rotatable bonds is 4. The Morgan fingerprint density at radius 2 is 2.22 bits per heavy atom. The van der Waals surface area contributed by atoms with Crippen LogP contribution in [0.4, 0.5) is 0 Å². The molecule has 0 bridgehead atoms. The Morgan fingerprint density at radius 3 is 2.83 bits per heavy atom. The molecule has 18 heavy (non-hydrogen) atoms. The average molecular weight is 265 g/mol. The molecule has 0 aliphatic carbocycles. The van der Waals surface area contributed by atoms with Gasteiger partial charge in [-0.25, -0.2) is 4.79 Å². The van der Waals surface area contributed by atoms with Crippen molar-refractivity contribution in [1.29, 1.82) is 0 Å². The van der Waals surface area contributed by atoms with E-state index in [0.717, 1.165) is 6.42 Å². The Kier molecular flexibility index (Phi) is 3.91. The van der Waals surface area contributed by atoms with Crippen LogP contribution in [0, 0.1) is 0 Å². The SMILES string of the molecule is CC(=O)NC(CC1Cc2ccccc2S1)C(=O)O. The van der Waals surface area contributed by atoms with Crippen molar-refractivity contribution in [3.8, 4) is 0 Å². The average Bonchev–Trinajstić information content (AvgIpc) is 2.69. The van der Waals surface area contributed by atoms with Gasteiger partial charge in [-0.05, 0) is 24.5 Å². The van der Waals surface area contributed by atoms with Crippen molar-refractivity contribution in [2.24, 2.45) is 0 Å². The minimum atomic E-state index is -0.971. The number of carboxylic acid groups (broad SMARTS) is 1. The van der Waals surface area contributed by atoms with Gasteiger partial charge in [0.15, 0.2) is 0 Å². The first-order valence-corrected chi connectivity index (χ1v) is 6.68. The monoisotopic (exact) mass is 265 g/mol. The van der Waals surface area contributed by atoms with Gasteiger partial charge in [-0.2, -0.15) is 0 Å². The Labute approximate surface area is 110 Å². The van der Waals surface area contributed by atoms with Crippen molar-refractivity contribution in [2.75, 3.05) is 0 Å². The number of hydrogen-bond donors (Lipinski definition) is 2. The molecule has 1 aliphatic heterocycles. The molecule has 0 saturated carbocycles. The van der Waals surface area contributed by atoms with Crippen LogP contribution < -0.4 is 5.32 Å². The summed E-state index contributed by atoms with van der Waals surface area (Å²) in [5.74, 6) is -1.27. The molecule has 1 amide bonds. The first-order valence-electron chi connectivity index (χ1n) is 5.80. The maximum absolute atomic E-state index is 11.1. The van der Waals surface area contributed by atoms with E-state index in [-0.39, 0.29) is 11.2 Å². The summed E-state index contributed by atoms with van der Waals surface area (Å²) in [6, 6.07) is 7.29. The molecule has 0 fully saturated rings. The minimum Gasteiger partial charge on any atom is -0.480 e. The van der Waals surface area contributed by atoms with Gasteiger partial charge in [-0.1, -0.05) is 18.2 Å². The summed E-state index contributed by atoms with van der Waals surface area (Å²) in [6.45, 7) is 1.34. The molecule has 1 aliphatic rings. The van der Waals surface area contributed by atoms with Crippen molar-refractivity contribution in [3.05, 3.63) is 29.8 Å². The van der Waals surface area contributed by atoms with Crippen LogP contribution in [0.1, 0.15) is 18.9 Å². The predicted octanol–water partition coefficient (Wildman–Crippen LogP) is 1.68. The largest absolute Gasteiger partial charge is 0.480 e. The highest BCUT2D eigenvalue weighted by Gasteiger charge is 2.28. The van der Waals surface area contributed by atoms with Crippen molar-refractivity contribution in [2.45, 2.75) is 36.0 Å². The zero-order valence-corrected chi connectivity index (χ0v) is 10.9. The number of thioether (sulfide) groups is 1. The van der Waals surface area contributed by atoms with Crippen LogP contribution in [0.3, 0.4) is 0 Å². The lowest BCUT2D eigenvalue weighted by Gasteiger charge is -2.16. The van der Waals surface area contributed by atoms with E-state index in [1.807, 2.05) is 18.2 Å². The third kappa shape index (κ3) is 3.04. The van der Waals surface area contributed by atoms with E-state index in [4.69, 9.17) is 5.11 Å². The number of benzene rings is 1. The van der Waals surface area contributed by atoms with E-state index in [2.05, 4.69) is 11.4 Å². The summed E-state index contributed by atoms with van der Waals surface area (Å²) in [5, 5.41) is 11.8. The van der Waals surface area contributed by atoms with Gasteiger partial charge in [0.1, 0.15) is 6.04 Å². The molecule has 1 aromatic rings. The fourth-order valence-corrected chi connectivity index (χ4v) is 3.49. The van der Waals surface area contributed by atoms with Crippen LogP contribution in [0.5, 0.6) is 0 Å². The van der Waals surface area contributed by atoms with Gasteiger partial charge in [0.25, 0.3) is 0 Å². The van der Waals surface area contributed by atoms with Crippen LogP contribution in [0.15, 0.2) is 29.2 Å². The van der Waals surface area contributed by atoms with Crippen molar-refractivity contribution in [3.63, 3.8) is 0 Å². The molecular weight excluding hydrogens is 250 g/mol. The molecule has 1 aromatic carbocycles. The van der Waals surface area contributed by atoms with E-state index in [9.17, 15) is 9.59 Å². The molecule has 5 heteroatoms. The van der Waals surface area contributed by atoms with Gasteiger partial charge in [0.2, 0.25) is 5.91 Å². The normalized spacial score (nSPS) is 19.1. The number of fused-ring (bicyclic) bond motifs is 1. The van der Waals surface area contributed by atoms with E-state index >= 15 is 0 Å². The second-order valence-corrected chi connectivity index (χ2v) is 5.72. The molecule has 0 saturated heterocycles. The number of aliphatic carboxylic acids is 1. The fraction of sp³-hybridized carbons (Fsp3) is 0.385. The molecule has 4 nitrogen and oxygen atoms in total. The lowest BCUT2D eigenvalue weighted by Crippen LogP contribution is -2.41. The van der Waals surface area contributed by atoms with Crippen molar-refractivity contribution in [1.82, 2.24) is 5.32 Å². The third-order valence-corrected chi connectivity index (χ3v) is 4.23. The minimum absolute atomic E-state index is 0.218.